The highest BCUT2D eigenvalue weighted by atomic mass is 35.5. The van der Waals surface area contributed by atoms with E-state index in [1.54, 1.807) is 19.2 Å². The molecule has 0 N–H and O–H groups in total. The third-order valence-corrected chi connectivity index (χ3v) is 8.61. The van der Waals surface area contributed by atoms with Crippen molar-refractivity contribution in [3.8, 4) is 0 Å². The van der Waals surface area contributed by atoms with Gasteiger partial charge in [-0.05, 0) is 74.8 Å². The lowest BCUT2D eigenvalue weighted by molar-refractivity contribution is -0.254. The highest BCUT2D eigenvalue weighted by Crippen LogP contribution is 2.39. The second kappa shape index (κ2) is 18.5. The number of halogens is 1. The van der Waals surface area contributed by atoms with Crippen LogP contribution in [0.3, 0.4) is 0 Å². The van der Waals surface area contributed by atoms with E-state index in [0.717, 1.165) is 30.4 Å². The van der Waals surface area contributed by atoms with Crippen molar-refractivity contribution in [1.29, 1.82) is 0 Å². The number of methoxy groups -OCH3 is 1. The van der Waals surface area contributed by atoms with Gasteiger partial charge in [-0.3, -0.25) is 19.2 Å². The van der Waals surface area contributed by atoms with E-state index in [-0.39, 0.29) is 18.3 Å². The molecule has 2 aromatic carbocycles. The molecule has 0 radical (unpaired) electrons. The quantitative estimate of drug-likeness (QED) is 0.153. The van der Waals surface area contributed by atoms with Gasteiger partial charge in [0.15, 0.2) is 18.3 Å². The summed E-state index contributed by atoms with van der Waals surface area (Å²) < 4.78 is 39.7. The molecule has 1 aliphatic rings. The van der Waals surface area contributed by atoms with Crippen LogP contribution in [0, 0.1) is 0 Å². The minimum absolute atomic E-state index is 0.157. The first kappa shape index (κ1) is 39.9. The van der Waals surface area contributed by atoms with Gasteiger partial charge in [0.2, 0.25) is 0 Å². The minimum Gasteiger partial charge on any atom is -0.463 e. The van der Waals surface area contributed by atoms with Crippen molar-refractivity contribution in [2.45, 2.75) is 116 Å². The smallest absolute Gasteiger partial charge is 0.303 e. The van der Waals surface area contributed by atoms with Crippen molar-refractivity contribution in [2.75, 3.05) is 20.3 Å². The number of benzene rings is 2. The summed E-state index contributed by atoms with van der Waals surface area (Å²) in [5.74, 6) is -2.64. The Bertz CT molecular complexity index is 1420. The third-order valence-electron chi connectivity index (χ3n) is 8.24. The molecule has 0 aliphatic carbocycles. The van der Waals surface area contributed by atoms with Crippen LogP contribution in [-0.2, 0) is 65.2 Å². The molecule has 3 rings (SSSR count). The fourth-order valence-corrected chi connectivity index (χ4v) is 5.77. The van der Waals surface area contributed by atoms with Crippen molar-refractivity contribution in [1.82, 2.24) is 0 Å². The van der Waals surface area contributed by atoms with Crippen LogP contribution in [0.4, 0.5) is 0 Å². The van der Waals surface area contributed by atoms with E-state index in [4.69, 9.17) is 44.8 Å². The average molecular weight is 705 g/mol. The van der Waals surface area contributed by atoms with E-state index in [2.05, 4.69) is 38.1 Å². The summed E-state index contributed by atoms with van der Waals surface area (Å²) in [4.78, 5) is 48.3. The number of hydrogen-bond donors (Lipinski definition) is 0. The van der Waals surface area contributed by atoms with Gasteiger partial charge in [-0.25, -0.2) is 0 Å². The second-order valence-electron chi connectivity index (χ2n) is 12.9. The number of carbonyl (C=O) groups excluding carboxylic acids is 4. The van der Waals surface area contributed by atoms with E-state index in [1.807, 2.05) is 13.0 Å². The van der Waals surface area contributed by atoms with Crippen LogP contribution in [0.25, 0.3) is 0 Å². The molecule has 0 bridgehead atoms. The van der Waals surface area contributed by atoms with Crippen molar-refractivity contribution in [3.63, 3.8) is 0 Å². The average Bonchev–Trinajstić information content (AvgIpc) is 3.02. The third kappa shape index (κ3) is 12.7. The van der Waals surface area contributed by atoms with Gasteiger partial charge < -0.3 is 33.2 Å². The molecular weight excluding hydrogens is 656 g/mol. The molecule has 0 spiro atoms. The lowest BCUT2D eigenvalue weighted by Crippen LogP contribution is -2.59. The highest BCUT2D eigenvalue weighted by molar-refractivity contribution is 6.31. The molecule has 49 heavy (non-hydrogen) atoms. The molecule has 270 valence electrons. The van der Waals surface area contributed by atoms with Crippen LogP contribution in [0.2, 0.25) is 5.02 Å². The number of hydrogen-bond acceptors (Lipinski definition) is 11. The van der Waals surface area contributed by atoms with Gasteiger partial charge in [-0.15, -0.1) is 0 Å². The Morgan fingerprint density at radius 2 is 1.43 bits per heavy atom. The van der Waals surface area contributed by atoms with Gasteiger partial charge in [0.25, 0.3) is 0 Å². The van der Waals surface area contributed by atoms with Crippen LogP contribution in [0.5, 0.6) is 0 Å². The second-order valence-corrected chi connectivity index (χ2v) is 13.3. The van der Waals surface area contributed by atoms with Crippen molar-refractivity contribution in [3.05, 3.63) is 69.7 Å². The van der Waals surface area contributed by atoms with E-state index in [1.165, 1.54) is 33.3 Å². The zero-order valence-electron chi connectivity index (χ0n) is 29.6. The maximum absolute atomic E-state index is 12.3. The summed E-state index contributed by atoms with van der Waals surface area (Å²) in [5.41, 5.74) is 3.28. The summed E-state index contributed by atoms with van der Waals surface area (Å²) in [6.07, 6.45) is -2.55. The Labute approximate surface area is 293 Å². The molecule has 11 nitrogen and oxygen atoms in total. The Balaban J connectivity index is 1.84. The Hall–Kier alpha value is -3.51. The maximum Gasteiger partial charge on any atom is 0.303 e. The first-order valence-electron chi connectivity index (χ1n) is 16.4. The van der Waals surface area contributed by atoms with Gasteiger partial charge in [-0.2, -0.15) is 0 Å². The van der Waals surface area contributed by atoms with Gasteiger partial charge in [0, 0.05) is 46.4 Å². The van der Waals surface area contributed by atoms with Gasteiger partial charge in [0.1, 0.15) is 18.8 Å². The van der Waals surface area contributed by atoms with Crippen LogP contribution < -0.4 is 0 Å². The zero-order valence-corrected chi connectivity index (χ0v) is 30.4. The molecule has 0 saturated carbocycles. The molecule has 0 amide bonds. The normalized spacial score (nSPS) is 21.4. The van der Waals surface area contributed by atoms with E-state index >= 15 is 0 Å². The zero-order chi connectivity index (χ0) is 36.3. The first-order valence-corrected chi connectivity index (χ1v) is 16.8. The predicted octanol–water partition coefficient (Wildman–Crippen LogP) is 5.88. The Morgan fingerprint density at radius 3 is 2.02 bits per heavy atom. The molecule has 1 unspecified atom stereocenters. The SMILES string of the molecule is COC(C)CCOC(C)(C)CCc1ccc(Cc2cc([C@@H]3O[C@H](COC(C)=O)[C@@H](OC(C)=O)[C@H](OC(C)=O)[C@H]3OC(C)=O)ccc2Cl)cc1. The summed E-state index contributed by atoms with van der Waals surface area (Å²) in [7, 11) is 1.70. The molecule has 0 aromatic heterocycles. The number of carbonyl (C=O) groups is 4. The largest absolute Gasteiger partial charge is 0.463 e. The van der Waals surface area contributed by atoms with Crippen LogP contribution in [0.15, 0.2) is 42.5 Å². The molecule has 1 saturated heterocycles. The van der Waals surface area contributed by atoms with Crippen LogP contribution in [-0.4, -0.2) is 80.3 Å². The summed E-state index contributed by atoms with van der Waals surface area (Å²) in [6, 6.07) is 13.6. The van der Waals surface area contributed by atoms with Crippen molar-refractivity contribution < 1.29 is 52.3 Å². The first-order chi connectivity index (χ1) is 23.1. The Kier molecular flexibility index (Phi) is 15.1. The fourth-order valence-electron chi connectivity index (χ4n) is 5.58. The number of aryl methyl sites for hydroxylation is 1. The maximum atomic E-state index is 12.3. The molecule has 1 aliphatic heterocycles. The number of esters is 4. The standard InChI is InChI=1S/C37H49ClO11/c1-22(43-8)16-18-45-37(6,7)17-15-27-9-11-28(12-10-27)19-30-20-29(13-14-31(30)38)33-35(47-25(4)41)36(48-26(5)42)34(46-24(3)40)32(49-33)21-44-23(2)39/h9-14,20,22,32-36H,15-19,21H2,1-8H3/t22?,32-,33+,34-,35+,36+/m1/s1. The minimum atomic E-state index is -1.26. The van der Waals surface area contributed by atoms with Gasteiger partial charge in [-0.1, -0.05) is 48.0 Å². The van der Waals surface area contributed by atoms with E-state index in [0.29, 0.717) is 23.6 Å². The lowest BCUT2D eigenvalue weighted by Gasteiger charge is -2.44. The van der Waals surface area contributed by atoms with Crippen molar-refractivity contribution >= 4 is 35.5 Å². The topological polar surface area (TPSA) is 133 Å². The van der Waals surface area contributed by atoms with Crippen LogP contribution in [0.1, 0.15) is 89.7 Å². The van der Waals surface area contributed by atoms with Crippen LogP contribution >= 0.6 is 11.6 Å². The molecule has 6 atom stereocenters. The monoisotopic (exact) mass is 704 g/mol. The van der Waals surface area contributed by atoms with E-state index in [9.17, 15) is 19.2 Å². The molecule has 1 heterocycles. The number of rotatable bonds is 16. The fraction of sp³-hybridized carbons (Fsp3) is 0.568. The predicted molar refractivity (Wildman–Crippen MR) is 181 cm³/mol. The summed E-state index contributed by atoms with van der Waals surface area (Å²) in [6.45, 7) is 11.4. The van der Waals surface area contributed by atoms with Gasteiger partial charge >= 0.3 is 23.9 Å². The van der Waals surface area contributed by atoms with E-state index < -0.39 is 54.4 Å². The molecule has 2 aromatic rings. The highest BCUT2D eigenvalue weighted by Gasteiger charge is 2.52. The number of ether oxygens (including phenoxy) is 7. The van der Waals surface area contributed by atoms with Crippen molar-refractivity contribution in [2.24, 2.45) is 0 Å². The summed E-state index contributed by atoms with van der Waals surface area (Å²) >= 11 is 6.67. The molecule has 1 fully saturated rings. The molecular formula is C37H49ClO11. The lowest BCUT2D eigenvalue weighted by atomic mass is 9.89. The van der Waals surface area contributed by atoms with Gasteiger partial charge in [0.05, 0.1) is 11.7 Å². The Morgan fingerprint density at radius 1 is 0.837 bits per heavy atom. The molecule has 12 heteroatoms. The summed E-state index contributed by atoms with van der Waals surface area (Å²) in [5, 5.41) is 0.514.